The highest BCUT2D eigenvalue weighted by Gasteiger charge is 2.02. The maximum atomic E-state index is 12.1. The van der Waals surface area contributed by atoms with Gasteiger partial charge in [-0.3, -0.25) is 4.79 Å². The van der Waals surface area contributed by atoms with Crippen molar-refractivity contribution in [2.75, 3.05) is 0 Å². The number of fused-ring (bicyclic) bond motifs is 2. The van der Waals surface area contributed by atoms with E-state index >= 15 is 0 Å². The molecule has 0 unspecified atom stereocenters. The lowest BCUT2D eigenvalue weighted by molar-refractivity contribution is 1.48. The number of aromatic amines is 1. The van der Waals surface area contributed by atoms with Gasteiger partial charge in [-0.25, -0.2) is 0 Å². The molecule has 3 rings (SSSR count). The maximum absolute atomic E-state index is 12.1. The van der Waals surface area contributed by atoms with Crippen LogP contribution in [0.1, 0.15) is 0 Å². The molecule has 3 aromatic rings. The fourth-order valence-corrected chi connectivity index (χ4v) is 1.81. The van der Waals surface area contributed by atoms with Gasteiger partial charge in [0.1, 0.15) is 0 Å². The van der Waals surface area contributed by atoms with Gasteiger partial charge < -0.3 is 4.98 Å². The molecule has 0 bridgehead atoms. The molecule has 0 spiro atoms. The number of hydrogen-bond acceptors (Lipinski definition) is 1. The van der Waals surface area contributed by atoms with Crippen LogP contribution in [0.3, 0.4) is 0 Å². The first-order valence-electron chi connectivity index (χ1n) is 4.77. The number of benzene rings is 2. The molecule has 2 aromatic carbocycles. The zero-order valence-electron chi connectivity index (χ0n) is 7.95. The lowest BCUT2D eigenvalue weighted by atomic mass is 10.1. The Balaban J connectivity index is 2.66. The van der Waals surface area contributed by atoms with Gasteiger partial charge in [-0.1, -0.05) is 18.2 Å². The van der Waals surface area contributed by atoms with Gasteiger partial charge in [0.25, 0.3) is 0 Å². The van der Waals surface area contributed by atoms with E-state index in [-0.39, 0.29) is 5.43 Å². The second-order valence-corrected chi connectivity index (χ2v) is 3.47. The lowest BCUT2D eigenvalue weighted by Crippen LogP contribution is -2.03. The van der Waals surface area contributed by atoms with Crippen molar-refractivity contribution in [2.45, 2.75) is 0 Å². The van der Waals surface area contributed by atoms with Crippen LogP contribution >= 0.6 is 0 Å². The number of rotatable bonds is 0. The predicted octanol–water partition coefficient (Wildman–Crippen LogP) is 2.48. The fourth-order valence-electron chi connectivity index (χ4n) is 1.81. The maximum Gasteiger partial charge on any atom is 0.197 e. The molecule has 0 atom stereocenters. The zero-order chi connectivity index (χ0) is 10.3. The minimum Gasteiger partial charge on any atom is -0.354 e. The molecule has 0 saturated carbocycles. The van der Waals surface area contributed by atoms with E-state index in [4.69, 9.17) is 0 Å². The number of pyridine rings is 1. The largest absolute Gasteiger partial charge is 0.354 e. The third kappa shape index (κ3) is 1.15. The summed E-state index contributed by atoms with van der Waals surface area (Å²) >= 11 is 0. The van der Waals surface area contributed by atoms with Crippen LogP contribution in [0.5, 0.6) is 0 Å². The Hall–Kier alpha value is -2.09. The Labute approximate surface area is 86.2 Å². The SMILES string of the molecule is O=c1c2cc[c]cc2[nH]c2ccccc12. The van der Waals surface area contributed by atoms with E-state index in [0.717, 1.165) is 16.4 Å². The van der Waals surface area contributed by atoms with Crippen molar-refractivity contribution in [3.63, 3.8) is 0 Å². The topological polar surface area (TPSA) is 32.9 Å². The molecule has 2 heteroatoms. The van der Waals surface area contributed by atoms with Crippen molar-refractivity contribution < 1.29 is 0 Å². The molecule has 71 valence electrons. The van der Waals surface area contributed by atoms with Crippen molar-refractivity contribution in [3.8, 4) is 0 Å². The zero-order valence-corrected chi connectivity index (χ0v) is 7.95. The van der Waals surface area contributed by atoms with Crippen LogP contribution in [-0.2, 0) is 0 Å². The molecule has 0 saturated heterocycles. The standard InChI is InChI=1S/C13H8NO/c15-13-9-5-1-3-7-11(9)14-12-8-4-2-6-10(12)13/h1-3,5-8H,(H,14,15). The van der Waals surface area contributed by atoms with Gasteiger partial charge in [-0.05, 0) is 30.3 Å². The number of aromatic nitrogens is 1. The van der Waals surface area contributed by atoms with Gasteiger partial charge in [0.2, 0.25) is 0 Å². The van der Waals surface area contributed by atoms with Crippen LogP contribution in [0.25, 0.3) is 21.8 Å². The molecule has 0 aliphatic heterocycles. The first-order valence-corrected chi connectivity index (χ1v) is 4.77. The molecule has 1 heterocycles. The van der Waals surface area contributed by atoms with E-state index in [2.05, 4.69) is 11.1 Å². The molecule has 0 aliphatic rings. The van der Waals surface area contributed by atoms with Gasteiger partial charge in [-0.2, -0.15) is 0 Å². The van der Waals surface area contributed by atoms with Crippen molar-refractivity contribution >= 4 is 21.8 Å². The molecular weight excluding hydrogens is 186 g/mol. The quantitative estimate of drug-likeness (QED) is 0.548. The molecule has 0 aliphatic carbocycles. The van der Waals surface area contributed by atoms with Gasteiger partial charge in [-0.15, -0.1) is 0 Å². The second kappa shape index (κ2) is 2.95. The number of nitrogens with one attached hydrogen (secondary N) is 1. The van der Waals surface area contributed by atoms with Crippen LogP contribution in [0.4, 0.5) is 0 Å². The van der Waals surface area contributed by atoms with Gasteiger partial charge in [0.05, 0.1) is 5.52 Å². The summed E-state index contributed by atoms with van der Waals surface area (Å²) in [5, 5.41) is 1.45. The van der Waals surface area contributed by atoms with Crippen LogP contribution in [-0.4, -0.2) is 4.98 Å². The first kappa shape index (κ1) is 8.24. The Morgan fingerprint density at radius 3 is 2.73 bits per heavy atom. The summed E-state index contributed by atoms with van der Waals surface area (Å²) in [6.07, 6.45) is 0. The molecule has 2 nitrogen and oxygen atoms in total. The highest BCUT2D eigenvalue weighted by molar-refractivity contribution is 5.92. The summed E-state index contributed by atoms with van der Waals surface area (Å²) < 4.78 is 0. The number of hydrogen-bond donors (Lipinski definition) is 1. The lowest BCUT2D eigenvalue weighted by Gasteiger charge is -2.00. The molecular formula is C13H8NO. The Morgan fingerprint density at radius 1 is 1.00 bits per heavy atom. The normalized spacial score (nSPS) is 10.9. The van der Waals surface area contributed by atoms with Gasteiger partial charge in [0, 0.05) is 16.3 Å². The minimum absolute atomic E-state index is 0.0772. The molecule has 15 heavy (non-hydrogen) atoms. The van der Waals surface area contributed by atoms with E-state index in [1.54, 1.807) is 18.2 Å². The molecule has 0 fully saturated rings. The van der Waals surface area contributed by atoms with Crippen LogP contribution in [0.15, 0.2) is 47.3 Å². The van der Waals surface area contributed by atoms with Crippen LogP contribution in [0.2, 0.25) is 0 Å². The van der Waals surface area contributed by atoms with Crippen molar-refractivity contribution in [2.24, 2.45) is 0 Å². The van der Waals surface area contributed by atoms with E-state index in [1.807, 2.05) is 24.3 Å². The van der Waals surface area contributed by atoms with E-state index < -0.39 is 0 Å². The average Bonchev–Trinajstić information content (AvgIpc) is 2.30. The smallest absolute Gasteiger partial charge is 0.197 e. The summed E-state index contributed by atoms with van der Waals surface area (Å²) in [6.45, 7) is 0. The van der Waals surface area contributed by atoms with Crippen molar-refractivity contribution in [1.29, 1.82) is 0 Å². The third-order valence-electron chi connectivity index (χ3n) is 2.55. The van der Waals surface area contributed by atoms with E-state index in [9.17, 15) is 4.79 Å². The Morgan fingerprint density at radius 2 is 1.80 bits per heavy atom. The van der Waals surface area contributed by atoms with Gasteiger partial charge >= 0.3 is 0 Å². The predicted molar refractivity (Wildman–Crippen MR) is 60.9 cm³/mol. The molecule has 1 radical (unpaired) electrons. The van der Waals surface area contributed by atoms with Crippen LogP contribution in [0, 0.1) is 6.07 Å². The second-order valence-electron chi connectivity index (χ2n) is 3.47. The monoisotopic (exact) mass is 194 g/mol. The average molecular weight is 194 g/mol. The third-order valence-corrected chi connectivity index (χ3v) is 2.55. The van der Waals surface area contributed by atoms with E-state index in [0.29, 0.717) is 5.39 Å². The van der Waals surface area contributed by atoms with Crippen LogP contribution < -0.4 is 5.43 Å². The highest BCUT2D eigenvalue weighted by atomic mass is 16.1. The molecule has 0 amide bonds. The highest BCUT2D eigenvalue weighted by Crippen LogP contribution is 2.13. The Bertz CT molecular complexity index is 640. The van der Waals surface area contributed by atoms with E-state index in [1.165, 1.54) is 0 Å². The fraction of sp³-hybridized carbons (Fsp3) is 0. The van der Waals surface area contributed by atoms with Crippen molar-refractivity contribution in [1.82, 2.24) is 4.98 Å². The molecule has 1 aromatic heterocycles. The summed E-state index contributed by atoms with van der Waals surface area (Å²) in [5.41, 5.74) is 1.78. The summed E-state index contributed by atoms with van der Waals surface area (Å²) in [5.74, 6) is 0. The summed E-state index contributed by atoms with van der Waals surface area (Å²) in [4.78, 5) is 15.3. The first-order chi connectivity index (χ1) is 7.36. The number of para-hydroxylation sites is 1. The van der Waals surface area contributed by atoms with Crippen molar-refractivity contribution in [3.05, 3.63) is 58.8 Å². The summed E-state index contributed by atoms with van der Waals surface area (Å²) in [6, 6.07) is 15.8. The minimum atomic E-state index is 0.0772. The Kier molecular flexibility index (Phi) is 1.62. The number of H-pyrrole nitrogens is 1. The summed E-state index contributed by atoms with van der Waals surface area (Å²) in [7, 11) is 0. The molecule has 1 N–H and O–H groups in total. The van der Waals surface area contributed by atoms with Gasteiger partial charge in [0.15, 0.2) is 5.43 Å².